The molecule has 7 nitrogen and oxygen atoms in total. The molecule has 2 atom stereocenters. The molecule has 1 amide bonds. The first kappa shape index (κ1) is 18.8. The molecule has 1 unspecified atom stereocenters. The summed E-state index contributed by atoms with van der Waals surface area (Å²) < 4.78 is 44.6. The summed E-state index contributed by atoms with van der Waals surface area (Å²) in [6.45, 7) is 0.794. The number of carbonyl (C=O) groups is 1. The van der Waals surface area contributed by atoms with E-state index in [2.05, 4.69) is 0 Å². The third-order valence-corrected chi connectivity index (χ3v) is 5.00. The van der Waals surface area contributed by atoms with Crippen molar-refractivity contribution in [3.63, 3.8) is 0 Å². The quantitative estimate of drug-likeness (QED) is 0.793. The van der Waals surface area contributed by atoms with Crippen molar-refractivity contribution in [2.45, 2.75) is 24.5 Å². The molecule has 26 heavy (non-hydrogen) atoms. The Morgan fingerprint density at radius 3 is 2.62 bits per heavy atom. The van der Waals surface area contributed by atoms with Gasteiger partial charge in [0.15, 0.2) is 6.17 Å². The van der Waals surface area contributed by atoms with Crippen LogP contribution in [0.15, 0.2) is 18.2 Å². The first-order valence-electron chi connectivity index (χ1n) is 8.41. The fraction of sp³-hybridized carbons (Fsp3) is 0.588. The number of hydrogen-bond donors (Lipinski definition) is 1. The summed E-state index contributed by atoms with van der Waals surface area (Å²) >= 11 is 0. The maximum absolute atomic E-state index is 14.6. The first-order chi connectivity index (χ1) is 12.4. The number of ether oxygens (including phenoxy) is 3. The number of benzene rings is 1. The number of anilines is 2. The number of carbonyl (C=O) groups excluding carboxylic acids is 1. The Hall–Kier alpha value is -1.97. The zero-order chi connectivity index (χ0) is 18.9. The van der Waals surface area contributed by atoms with Gasteiger partial charge >= 0.3 is 6.09 Å². The Morgan fingerprint density at radius 2 is 2.08 bits per heavy atom. The summed E-state index contributed by atoms with van der Waals surface area (Å²) in [5.74, 6) is -1.84. The Labute approximate surface area is 150 Å². The standard InChI is InChI=1S/C17H23F2N3O4/c1-24-17(25-2)5-6-21(10-15(17)19)14-4-3-11(7-13(14)18)22-9-12(8-20)26-16(22)23/h3-4,7,12,15H,5-6,8-10,20H2,1-2H3/t12?,15-/m0/s1. The van der Waals surface area contributed by atoms with Crippen LogP contribution in [0.25, 0.3) is 0 Å². The fourth-order valence-electron chi connectivity index (χ4n) is 3.41. The Balaban J connectivity index is 1.76. The highest BCUT2D eigenvalue weighted by Gasteiger charge is 2.45. The SMILES string of the molecule is COC1(OC)CCN(c2ccc(N3CC(CN)OC3=O)cc2F)C[C@@H]1F. The summed E-state index contributed by atoms with van der Waals surface area (Å²) in [6.07, 6.45) is -2.13. The number of nitrogens with two attached hydrogens (primary N) is 1. The molecule has 2 aliphatic rings. The van der Waals surface area contributed by atoms with Crippen molar-refractivity contribution in [1.29, 1.82) is 0 Å². The summed E-state index contributed by atoms with van der Waals surface area (Å²) in [5, 5.41) is 0. The molecule has 2 aliphatic heterocycles. The van der Waals surface area contributed by atoms with E-state index >= 15 is 0 Å². The van der Waals surface area contributed by atoms with Crippen molar-refractivity contribution >= 4 is 17.5 Å². The molecule has 1 aromatic carbocycles. The first-order valence-corrected chi connectivity index (χ1v) is 8.41. The molecule has 3 rings (SSSR count). The fourth-order valence-corrected chi connectivity index (χ4v) is 3.41. The van der Waals surface area contributed by atoms with E-state index in [4.69, 9.17) is 19.9 Å². The number of methoxy groups -OCH3 is 2. The Morgan fingerprint density at radius 1 is 1.35 bits per heavy atom. The van der Waals surface area contributed by atoms with Crippen molar-refractivity contribution < 1.29 is 27.8 Å². The summed E-state index contributed by atoms with van der Waals surface area (Å²) in [4.78, 5) is 14.8. The molecule has 2 saturated heterocycles. The van der Waals surface area contributed by atoms with Crippen LogP contribution in [0.3, 0.4) is 0 Å². The van der Waals surface area contributed by atoms with Crippen molar-refractivity contribution in [3.8, 4) is 0 Å². The molecule has 0 aliphatic carbocycles. The smallest absolute Gasteiger partial charge is 0.414 e. The van der Waals surface area contributed by atoms with Crippen molar-refractivity contribution in [2.75, 3.05) is 50.2 Å². The second-order valence-electron chi connectivity index (χ2n) is 6.37. The van der Waals surface area contributed by atoms with Gasteiger partial charge in [0.05, 0.1) is 24.5 Å². The van der Waals surface area contributed by atoms with Crippen LogP contribution < -0.4 is 15.5 Å². The van der Waals surface area contributed by atoms with Crippen LogP contribution in [0.2, 0.25) is 0 Å². The van der Waals surface area contributed by atoms with Crippen LogP contribution in [-0.4, -0.2) is 64.6 Å². The number of alkyl halides is 1. The van der Waals surface area contributed by atoms with Crippen LogP contribution >= 0.6 is 0 Å². The second kappa shape index (κ2) is 7.34. The number of amides is 1. The highest BCUT2D eigenvalue weighted by molar-refractivity contribution is 5.90. The maximum Gasteiger partial charge on any atom is 0.414 e. The highest BCUT2D eigenvalue weighted by Crippen LogP contribution is 2.34. The zero-order valence-corrected chi connectivity index (χ0v) is 14.8. The lowest BCUT2D eigenvalue weighted by atomic mass is 10.0. The van der Waals surface area contributed by atoms with Crippen LogP contribution in [-0.2, 0) is 14.2 Å². The molecule has 0 bridgehead atoms. The lowest BCUT2D eigenvalue weighted by Gasteiger charge is -2.43. The van der Waals surface area contributed by atoms with Gasteiger partial charge in [-0.05, 0) is 18.2 Å². The van der Waals surface area contributed by atoms with E-state index in [1.807, 2.05) is 0 Å². The van der Waals surface area contributed by atoms with Crippen molar-refractivity contribution in [2.24, 2.45) is 5.73 Å². The minimum absolute atomic E-state index is 0.0566. The van der Waals surface area contributed by atoms with Crippen molar-refractivity contribution in [3.05, 3.63) is 24.0 Å². The van der Waals surface area contributed by atoms with Crippen LogP contribution in [0.1, 0.15) is 6.42 Å². The summed E-state index contributed by atoms with van der Waals surface area (Å²) in [5.41, 5.74) is 6.15. The maximum atomic E-state index is 14.6. The Bertz CT molecular complexity index is 671. The molecular formula is C17H23F2N3O4. The molecule has 0 spiro atoms. The number of halogens is 2. The van der Waals surface area contributed by atoms with E-state index in [0.717, 1.165) is 0 Å². The van der Waals surface area contributed by atoms with Gasteiger partial charge in [0, 0.05) is 33.7 Å². The number of cyclic esters (lactones) is 1. The molecule has 0 saturated carbocycles. The zero-order valence-electron chi connectivity index (χ0n) is 14.8. The Kier molecular flexibility index (Phi) is 5.31. The molecule has 0 aromatic heterocycles. The molecular weight excluding hydrogens is 348 g/mol. The number of nitrogens with zero attached hydrogens (tertiary/aromatic N) is 2. The van der Waals surface area contributed by atoms with E-state index in [1.54, 1.807) is 11.0 Å². The van der Waals surface area contributed by atoms with Gasteiger partial charge in [0.1, 0.15) is 11.9 Å². The number of piperidine rings is 1. The van der Waals surface area contributed by atoms with E-state index in [1.165, 1.54) is 31.3 Å². The van der Waals surface area contributed by atoms with Gasteiger partial charge in [-0.1, -0.05) is 0 Å². The minimum atomic E-state index is -1.43. The second-order valence-corrected chi connectivity index (χ2v) is 6.37. The van der Waals surface area contributed by atoms with Gasteiger partial charge in [0.25, 0.3) is 0 Å². The topological polar surface area (TPSA) is 77.3 Å². The van der Waals surface area contributed by atoms with Gasteiger partial charge in [-0.3, -0.25) is 4.90 Å². The predicted molar refractivity (Wildman–Crippen MR) is 91.5 cm³/mol. The molecule has 0 radical (unpaired) electrons. The van der Waals surface area contributed by atoms with Gasteiger partial charge in [0.2, 0.25) is 5.79 Å². The average Bonchev–Trinajstić information content (AvgIpc) is 3.03. The largest absolute Gasteiger partial charge is 0.443 e. The molecule has 2 N–H and O–H groups in total. The van der Waals surface area contributed by atoms with E-state index in [9.17, 15) is 13.6 Å². The third-order valence-electron chi connectivity index (χ3n) is 5.00. The monoisotopic (exact) mass is 371 g/mol. The van der Waals surface area contributed by atoms with Gasteiger partial charge in [-0.2, -0.15) is 0 Å². The third kappa shape index (κ3) is 3.22. The predicted octanol–water partition coefficient (Wildman–Crippen LogP) is 1.65. The van der Waals surface area contributed by atoms with Gasteiger partial charge in [-0.25, -0.2) is 13.6 Å². The lowest BCUT2D eigenvalue weighted by molar-refractivity contribution is -0.249. The van der Waals surface area contributed by atoms with Gasteiger partial charge < -0.3 is 24.8 Å². The van der Waals surface area contributed by atoms with Gasteiger partial charge in [-0.15, -0.1) is 0 Å². The van der Waals surface area contributed by atoms with Crippen LogP contribution in [0.4, 0.5) is 25.0 Å². The molecule has 144 valence electrons. The number of hydrogen-bond acceptors (Lipinski definition) is 6. The average molecular weight is 371 g/mol. The summed E-state index contributed by atoms with van der Waals surface area (Å²) in [6, 6.07) is 4.39. The molecule has 2 heterocycles. The molecule has 9 heteroatoms. The van der Waals surface area contributed by atoms with E-state index in [0.29, 0.717) is 12.2 Å². The van der Waals surface area contributed by atoms with Crippen LogP contribution in [0.5, 0.6) is 0 Å². The highest BCUT2D eigenvalue weighted by atomic mass is 19.1. The normalized spacial score (nSPS) is 25.5. The summed E-state index contributed by atoms with van der Waals surface area (Å²) in [7, 11) is 2.79. The van der Waals surface area contributed by atoms with E-state index in [-0.39, 0.29) is 31.7 Å². The lowest BCUT2D eigenvalue weighted by Crippen LogP contribution is -2.56. The van der Waals surface area contributed by atoms with Crippen LogP contribution in [0, 0.1) is 5.82 Å². The van der Waals surface area contributed by atoms with Crippen molar-refractivity contribution in [1.82, 2.24) is 0 Å². The molecule has 2 fully saturated rings. The van der Waals surface area contributed by atoms with E-state index < -0.39 is 30.0 Å². The minimum Gasteiger partial charge on any atom is -0.443 e. The number of rotatable bonds is 5. The molecule has 1 aromatic rings.